The number of hydrogen-bond acceptors (Lipinski definition) is 9. The first-order valence-corrected chi connectivity index (χ1v) is 23.8. The summed E-state index contributed by atoms with van der Waals surface area (Å²) in [6.45, 7) is 23.8. The zero-order valence-electron chi connectivity index (χ0n) is 45.7. The molecule has 0 heterocycles. The van der Waals surface area contributed by atoms with Gasteiger partial charge in [-0.15, -0.1) is 6.92 Å². The minimum absolute atomic E-state index is 0. The van der Waals surface area contributed by atoms with Crippen molar-refractivity contribution in [2.24, 2.45) is 0 Å². The summed E-state index contributed by atoms with van der Waals surface area (Å²) >= 11 is 0. The van der Waals surface area contributed by atoms with Gasteiger partial charge in [0.05, 0.1) is 0 Å². The summed E-state index contributed by atoms with van der Waals surface area (Å²) in [5, 5.41) is 3.68. The van der Waals surface area contributed by atoms with Crippen molar-refractivity contribution in [3.63, 3.8) is 0 Å². The van der Waals surface area contributed by atoms with Crippen molar-refractivity contribution in [3.05, 3.63) is 56.2 Å². The fourth-order valence-corrected chi connectivity index (χ4v) is 20.1. The van der Waals surface area contributed by atoms with E-state index in [1.54, 1.807) is 0 Å². The van der Waals surface area contributed by atoms with Gasteiger partial charge in [0.2, 0.25) is 0 Å². The molecule has 0 amide bonds. The second kappa shape index (κ2) is 22.1. The van der Waals surface area contributed by atoms with Gasteiger partial charge in [-0.05, 0) is 90.5 Å². The molecule has 362 valence electrons. The third kappa shape index (κ3) is 9.36. The Morgan fingerprint density at radius 2 is 0.492 bits per heavy atom. The maximum Gasteiger partial charge on any atom is 4.00 e. The van der Waals surface area contributed by atoms with E-state index in [-0.39, 0.29) is 58.9 Å². The monoisotopic (exact) mass is 1000 g/mol. The van der Waals surface area contributed by atoms with Crippen LogP contribution in [0.3, 0.4) is 0 Å². The molecule has 1 unspecified atom stereocenters. The van der Waals surface area contributed by atoms with E-state index in [1.165, 1.54) is 117 Å². The van der Waals surface area contributed by atoms with Gasteiger partial charge in [0.15, 0.2) is 8.07 Å². The van der Waals surface area contributed by atoms with E-state index in [9.17, 15) is 0 Å². The quantitative estimate of drug-likeness (QED) is 0.115. The summed E-state index contributed by atoms with van der Waals surface area (Å²) in [5.74, 6) is 0. The molecule has 0 radical (unpaired) electrons. The van der Waals surface area contributed by atoms with Crippen LogP contribution in [0.5, 0.6) is 0 Å². The third-order valence-corrected chi connectivity index (χ3v) is 19.6. The first-order chi connectivity index (χ1) is 27.9. The minimum Gasteiger partial charge on any atom is -1.00 e. The summed E-state index contributed by atoms with van der Waals surface area (Å²) in [6, 6.07) is 0. The maximum atomic E-state index is 4.45. The predicted molar refractivity (Wildman–Crippen MR) is 281 cm³/mol. The first kappa shape index (κ1) is 62.1. The Hall–Kier alpha value is -2.86. The Morgan fingerprint density at radius 1 is 0.323 bits per heavy atom. The summed E-state index contributed by atoms with van der Waals surface area (Å²) in [7, 11) is 36.7. The van der Waals surface area contributed by atoms with Crippen molar-refractivity contribution >= 4 is 74.8 Å². The molecule has 3 aromatic rings. The molecule has 1 aliphatic rings. The van der Waals surface area contributed by atoms with E-state index in [0.29, 0.717) is 0 Å². The van der Waals surface area contributed by atoms with E-state index < -0.39 is 13.1 Å². The molecule has 0 aromatic heterocycles. The number of benzene rings is 3. The van der Waals surface area contributed by atoms with Crippen LogP contribution >= 0.6 is 0 Å². The van der Waals surface area contributed by atoms with Crippen LogP contribution in [0.15, 0.2) is 16.7 Å². The number of anilines is 9. The van der Waals surface area contributed by atoms with Crippen LogP contribution in [0.1, 0.15) is 61.1 Å². The van der Waals surface area contributed by atoms with E-state index >= 15 is 0 Å². The molecule has 0 fully saturated rings. The van der Waals surface area contributed by atoms with Crippen molar-refractivity contribution in [1.29, 1.82) is 0 Å². The predicted octanol–water partition coefficient (Wildman–Crippen LogP) is -1.53. The van der Waals surface area contributed by atoms with Crippen LogP contribution in [0, 0.1) is 47.6 Å². The van der Waals surface area contributed by atoms with Gasteiger partial charge in [0.1, 0.15) is 0 Å². The molecule has 0 aliphatic heterocycles. The minimum atomic E-state index is -3.76. The number of allylic oxidation sites excluding steroid dienone is 4. The zero-order chi connectivity index (χ0) is 47.0. The molecule has 14 heteroatoms. The number of halogens is 3. The molecule has 9 nitrogen and oxygen atoms in total. The molecule has 1 atom stereocenters. The van der Waals surface area contributed by atoms with Crippen molar-refractivity contribution in [1.82, 2.24) is 0 Å². The van der Waals surface area contributed by atoms with Gasteiger partial charge < -0.3 is 81.3 Å². The number of rotatable bonds is 13. The average molecular weight is 1010 g/mol. The fourth-order valence-electron chi connectivity index (χ4n) is 12.1. The molecule has 4 rings (SSSR count). The van der Waals surface area contributed by atoms with Gasteiger partial charge in [-0.1, -0.05) is 25.8 Å². The average Bonchev–Trinajstić information content (AvgIpc) is 3.29. The van der Waals surface area contributed by atoms with Crippen LogP contribution < -0.4 is 96.9 Å². The Balaban J connectivity index is 0.0000102. The molecule has 3 aromatic carbocycles. The Kier molecular flexibility index (Phi) is 21.1. The van der Waals surface area contributed by atoms with Crippen molar-refractivity contribution in [2.75, 3.05) is 171 Å². The molecule has 0 saturated heterocycles. The molecular weight excluding hydrogens is 921 g/mol. The van der Waals surface area contributed by atoms with Gasteiger partial charge >= 0.3 is 21.7 Å². The Labute approximate surface area is 432 Å². The molecule has 1 aliphatic carbocycles. The molecule has 0 N–H and O–H groups in total. The van der Waals surface area contributed by atoms with Crippen molar-refractivity contribution in [2.45, 2.75) is 74.3 Å². The van der Waals surface area contributed by atoms with Crippen LogP contribution in [0.4, 0.5) is 51.2 Å². The van der Waals surface area contributed by atoms with Gasteiger partial charge in [-0.25, -0.2) is 5.57 Å². The Morgan fingerprint density at radius 3 is 0.615 bits per heavy atom. The summed E-state index contributed by atoms with van der Waals surface area (Å²) < 4.78 is 0. The summed E-state index contributed by atoms with van der Waals surface area (Å²) in [5.41, 5.74) is 23.2. The molecule has 0 bridgehead atoms. The normalized spacial score (nSPS) is 14.4. The Bertz CT molecular complexity index is 1980. The molecule has 0 spiro atoms. The van der Waals surface area contributed by atoms with E-state index in [1.807, 2.05) is 0 Å². The third-order valence-electron chi connectivity index (χ3n) is 13.9. The second-order valence-electron chi connectivity index (χ2n) is 19.9. The van der Waals surface area contributed by atoms with Crippen molar-refractivity contribution in [3.8, 4) is 0 Å². The maximum absolute atomic E-state index is 4.45. The second-order valence-corrected chi connectivity index (χ2v) is 23.9. The SMILES string of the molecule is CC1=[C-]C(C)([Si](c2c(N(C)C)c(C)c(N(C)C)c(C)c2N(C)C)(c2c(N(C)C)c(C)c(N(C)C)c(C)c2N(C)C)c2c(N(C)C)c(C)c(N(C)C)c(C)c2N(C)C)C(C)=C1C.[Cl-].[Cl-].[Cl-].[Ti+4]. The summed E-state index contributed by atoms with van der Waals surface area (Å²) in [6.07, 6.45) is 4.45. The van der Waals surface area contributed by atoms with E-state index in [4.69, 9.17) is 0 Å². The largest absolute Gasteiger partial charge is 4.00 e. The van der Waals surface area contributed by atoms with E-state index in [2.05, 4.69) is 246 Å². The smallest absolute Gasteiger partial charge is 1.00 e. The summed E-state index contributed by atoms with van der Waals surface area (Å²) in [4.78, 5) is 21.6. The zero-order valence-corrected chi connectivity index (χ0v) is 50.5. The molecule has 65 heavy (non-hydrogen) atoms. The number of hydrogen-bond donors (Lipinski definition) is 0. The van der Waals surface area contributed by atoms with Gasteiger partial charge in [0, 0.05) is 178 Å². The van der Waals surface area contributed by atoms with Crippen LogP contribution in [-0.4, -0.2) is 135 Å². The molecule has 0 saturated carbocycles. The molecular formula is C51H84Cl3N9SiTi. The standard InChI is InChI=1S/C51H84N9Si.3ClH.Ti/c1-30-29-51(10,38(9)31(30)2)61(48-42(55(17)18)32(3)39(52(11)12)33(4)43(48)56(19)20,49-44(57(21)22)34(5)40(53(13)14)35(6)45(49)58(23)24)50-46(59(25)26)36(7)41(54(15)16)37(8)47(50)60(27)28;;;;/h1-28H3;3*1H;/q-1;;;;+4/p-3. The fraction of sp³-hybridized carbons (Fsp3) is 0.569. The first-order valence-electron chi connectivity index (χ1n) is 21.8. The van der Waals surface area contributed by atoms with Crippen LogP contribution in [0.2, 0.25) is 5.04 Å². The van der Waals surface area contributed by atoms with Crippen LogP contribution in [0.25, 0.3) is 0 Å². The van der Waals surface area contributed by atoms with Crippen molar-refractivity contribution < 1.29 is 58.9 Å². The topological polar surface area (TPSA) is 29.2 Å². The number of nitrogens with zero attached hydrogens (tertiary/aromatic N) is 9. The van der Waals surface area contributed by atoms with Gasteiger partial charge in [0.25, 0.3) is 0 Å². The van der Waals surface area contributed by atoms with Gasteiger partial charge in [-0.2, -0.15) is 11.1 Å². The van der Waals surface area contributed by atoms with E-state index in [0.717, 1.165) is 0 Å². The van der Waals surface area contributed by atoms with Crippen LogP contribution in [-0.2, 0) is 21.7 Å². The van der Waals surface area contributed by atoms with Gasteiger partial charge in [-0.3, -0.25) is 6.08 Å².